The molecule has 1 amide bonds. The lowest BCUT2D eigenvalue weighted by molar-refractivity contribution is 0.0946. The van der Waals surface area contributed by atoms with Crippen molar-refractivity contribution in [3.8, 4) is 22.8 Å². The van der Waals surface area contributed by atoms with Crippen molar-refractivity contribution in [1.82, 2.24) is 24.9 Å². The zero-order chi connectivity index (χ0) is 21.8. The Labute approximate surface area is 184 Å². The van der Waals surface area contributed by atoms with Crippen molar-refractivity contribution >= 4 is 5.91 Å². The predicted octanol–water partition coefficient (Wildman–Crippen LogP) is 4.29. The van der Waals surface area contributed by atoms with Gasteiger partial charge in [-0.15, -0.1) is 0 Å². The fourth-order valence-electron chi connectivity index (χ4n) is 3.48. The minimum atomic E-state index is -0.199. The molecule has 1 N–H and O–H groups in total. The van der Waals surface area contributed by atoms with Gasteiger partial charge in [-0.1, -0.05) is 36.4 Å². The minimum absolute atomic E-state index is 0.199. The molecule has 0 aliphatic rings. The molecule has 5 aromatic rings. The van der Waals surface area contributed by atoms with Crippen LogP contribution < -0.4 is 5.32 Å². The minimum Gasteiger partial charge on any atom is -0.463 e. The van der Waals surface area contributed by atoms with E-state index in [0.29, 0.717) is 30.1 Å². The van der Waals surface area contributed by atoms with Gasteiger partial charge in [0, 0.05) is 18.8 Å². The van der Waals surface area contributed by atoms with Crippen LogP contribution in [0.25, 0.3) is 22.8 Å². The Balaban J connectivity index is 1.31. The smallest absolute Gasteiger partial charge is 0.270 e. The first-order valence-electron chi connectivity index (χ1n) is 10.3. The topological polar surface area (TPSA) is 77.9 Å². The Bertz CT molecular complexity index is 1310. The number of hydrogen-bond acceptors (Lipinski definition) is 4. The van der Waals surface area contributed by atoms with Crippen molar-refractivity contribution in [2.45, 2.75) is 6.42 Å². The maximum absolute atomic E-state index is 13.0. The zero-order valence-corrected chi connectivity index (χ0v) is 17.3. The summed E-state index contributed by atoms with van der Waals surface area (Å²) in [4.78, 5) is 13.0. The van der Waals surface area contributed by atoms with Crippen LogP contribution >= 0.6 is 0 Å². The number of furan rings is 1. The summed E-state index contributed by atoms with van der Waals surface area (Å²) < 4.78 is 8.93. The van der Waals surface area contributed by atoms with E-state index in [-0.39, 0.29) is 5.91 Å². The van der Waals surface area contributed by atoms with E-state index in [1.54, 1.807) is 23.1 Å². The van der Waals surface area contributed by atoms with Crippen LogP contribution in [-0.4, -0.2) is 32.0 Å². The highest BCUT2D eigenvalue weighted by Crippen LogP contribution is 2.22. The van der Waals surface area contributed by atoms with Gasteiger partial charge in [0.2, 0.25) is 0 Å². The van der Waals surface area contributed by atoms with Gasteiger partial charge in [-0.25, -0.2) is 9.36 Å². The average molecular weight is 423 g/mol. The maximum atomic E-state index is 13.0. The Morgan fingerprint density at radius 1 is 0.938 bits per heavy atom. The SMILES string of the molecule is O=C(NCCc1cnn(-c2ccccc2)c1)c1cc(-c2ccco2)nn1-c1ccccc1. The summed E-state index contributed by atoms with van der Waals surface area (Å²) in [5, 5.41) is 12.0. The number of carbonyl (C=O) groups excluding carboxylic acids is 1. The number of nitrogens with zero attached hydrogens (tertiary/aromatic N) is 4. The van der Waals surface area contributed by atoms with Gasteiger partial charge in [0.1, 0.15) is 11.4 Å². The maximum Gasteiger partial charge on any atom is 0.270 e. The van der Waals surface area contributed by atoms with Crippen molar-refractivity contribution in [3.05, 3.63) is 109 Å². The summed E-state index contributed by atoms with van der Waals surface area (Å²) in [5.41, 5.74) is 3.90. The third-order valence-electron chi connectivity index (χ3n) is 5.07. The monoisotopic (exact) mass is 423 g/mol. The second-order valence-electron chi connectivity index (χ2n) is 7.27. The number of hydrogen-bond donors (Lipinski definition) is 1. The summed E-state index contributed by atoms with van der Waals surface area (Å²) in [6.07, 6.45) is 6.06. The molecule has 5 rings (SSSR count). The van der Waals surface area contributed by atoms with Crippen LogP contribution in [0.2, 0.25) is 0 Å². The van der Waals surface area contributed by atoms with Gasteiger partial charge in [-0.2, -0.15) is 10.2 Å². The van der Waals surface area contributed by atoms with Gasteiger partial charge in [0.15, 0.2) is 5.76 Å². The molecule has 3 heterocycles. The molecule has 0 saturated carbocycles. The van der Waals surface area contributed by atoms with Crippen LogP contribution in [0, 0.1) is 0 Å². The summed E-state index contributed by atoms with van der Waals surface area (Å²) in [7, 11) is 0. The number of benzene rings is 2. The molecule has 0 spiro atoms. The average Bonchev–Trinajstić information content (AvgIpc) is 3.61. The molecule has 0 radical (unpaired) electrons. The highest BCUT2D eigenvalue weighted by Gasteiger charge is 2.18. The molecule has 0 fully saturated rings. The van der Waals surface area contributed by atoms with Crippen LogP contribution in [0.5, 0.6) is 0 Å². The number of amides is 1. The van der Waals surface area contributed by atoms with E-state index in [1.165, 1.54) is 0 Å². The molecule has 7 nitrogen and oxygen atoms in total. The van der Waals surface area contributed by atoms with Crippen molar-refractivity contribution in [2.24, 2.45) is 0 Å². The number of nitrogens with one attached hydrogen (secondary N) is 1. The molecule has 2 aromatic carbocycles. The first-order valence-corrected chi connectivity index (χ1v) is 10.3. The van der Waals surface area contributed by atoms with Gasteiger partial charge in [-0.3, -0.25) is 4.79 Å². The van der Waals surface area contributed by atoms with Gasteiger partial charge >= 0.3 is 0 Å². The van der Waals surface area contributed by atoms with E-state index in [2.05, 4.69) is 15.5 Å². The first kappa shape index (κ1) is 19.6. The van der Waals surface area contributed by atoms with Crippen LogP contribution in [0.4, 0.5) is 0 Å². The van der Waals surface area contributed by atoms with E-state index in [1.807, 2.05) is 83.8 Å². The second-order valence-corrected chi connectivity index (χ2v) is 7.27. The van der Waals surface area contributed by atoms with Crippen LogP contribution in [0.1, 0.15) is 16.1 Å². The van der Waals surface area contributed by atoms with Crippen LogP contribution in [0.3, 0.4) is 0 Å². The van der Waals surface area contributed by atoms with Gasteiger partial charge in [-0.05, 0) is 48.4 Å². The summed E-state index contributed by atoms with van der Waals surface area (Å²) in [6.45, 7) is 0.482. The van der Waals surface area contributed by atoms with Crippen LogP contribution in [-0.2, 0) is 6.42 Å². The fraction of sp³-hybridized carbons (Fsp3) is 0.0800. The Morgan fingerprint density at radius 3 is 2.41 bits per heavy atom. The number of carbonyl (C=O) groups is 1. The summed E-state index contributed by atoms with van der Waals surface area (Å²) in [5.74, 6) is 0.414. The second kappa shape index (κ2) is 8.77. The number of rotatable bonds is 7. The van der Waals surface area contributed by atoms with Gasteiger partial charge < -0.3 is 9.73 Å². The molecule has 32 heavy (non-hydrogen) atoms. The molecule has 0 aliphatic carbocycles. The Kier molecular flexibility index (Phi) is 5.36. The first-order chi connectivity index (χ1) is 15.8. The zero-order valence-electron chi connectivity index (χ0n) is 17.3. The highest BCUT2D eigenvalue weighted by molar-refractivity contribution is 5.94. The molecule has 0 unspecified atom stereocenters. The van der Waals surface area contributed by atoms with E-state index >= 15 is 0 Å². The standard InChI is InChI=1S/C25H21N5O2/c31-25(26-14-13-19-17-27-29(18-19)20-8-3-1-4-9-20)23-16-22(24-12-7-15-32-24)28-30(23)21-10-5-2-6-11-21/h1-12,15-18H,13-14H2,(H,26,31). The largest absolute Gasteiger partial charge is 0.463 e. The van der Waals surface area contributed by atoms with Crippen molar-refractivity contribution in [1.29, 1.82) is 0 Å². The molecule has 3 aromatic heterocycles. The number of aromatic nitrogens is 4. The molecule has 0 bridgehead atoms. The van der Waals surface area contributed by atoms with Crippen molar-refractivity contribution in [2.75, 3.05) is 6.54 Å². The predicted molar refractivity (Wildman–Crippen MR) is 121 cm³/mol. The lowest BCUT2D eigenvalue weighted by Gasteiger charge is -2.08. The highest BCUT2D eigenvalue weighted by atomic mass is 16.3. The van der Waals surface area contributed by atoms with Crippen LogP contribution in [0.15, 0.2) is 102 Å². The van der Waals surface area contributed by atoms with E-state index in [4.69, 9.17) is 4.42 Å². The summed E-state index contributed by atoms with van der Waals surface area (Å²) in [6, 6.07) is 24.9. The van der Waals surface area contributed by atoms with Gasteiger partial charge in [0.05, 0.1) is 23.8 Å². The number of para-hydroxylation sites is 2. The normalized spacial score (nSPS) is 10.9. The van der Waals surface area contributed by atoms with E-state index in [9.17, 15) is 4.79 Å². The lowest BCUT2D eigenvalue weighted by atomic mass is 10.2. The van der Waals surface area contributed by atoms with Crippen molar-refractivity contribution in [3.63, 3.8) is 0 Å². The molecule has 0 saturated heterocycles. The van der Waals surface area contributed by atoms with Crippen molar-refractivity contribution < 1.29 is 9.21 Å². The molecule has 7 heteroatoms. The Morgan fingerprint density at radius 2 is 1.69 bits per heavy atom. The molecular formula is C25H21N5O2. The third kappa shape index (κ3) is 4.09. The molecule has 0 atom stereocenters. The fourth-order valence-corrected chi connectivity index (χ4v) is 3.48. The third-order valence-corrected chi connectivity index (χ3v) is 5.07. The summed E-state index contributed by atoms with van der Waals surface area (Å²) >= 11 is 0. The van der Waals surface area contributed by atoms with E-state index < -0.39 is 0 Å². The quantitative estimate of drug-likeness (QED) is 0.424. The lowest BCUT2D eigenvalue weighted by Crippen LogP contribution is -2.27. The van der Waals surface area contributed by atoms with Gasteiger partial charge in [0.25, 0.3) is 5.91 Å². The Hall–Kier alpha value is -4.39. The molecule has 0 aliphatic heterocycles. The van der Waals surface area contributed by atoms with E-state index in [0.717, 1.165) is 16.9 Å². The molecular weight excluding hydrogens is 402 g/mol. The molecule has 158 valence electrons.